The molecule has 1 aliphatic rings. The molecule has 5 rings (SSSR count). The van der Waals surface area contributed by atoms with Gasteiger partial charge in [0.2, 0.25) is 5.88 Å². The van der Waals surface area contributed by atoms with E-state index in [2.05, 4.69) is 6.07 Å². The molecule has 1 unspecified atom stereocenters. The van der Waals surface area contributed by atoms with E-state index in [0.717, 1.165) is 11.1 Å². The summed E-state index contributed by atoms with van der Waals surface area (Å²) in [5, 5.41) is 10.5. The van der Waals surface area contributed by atoms with Crippen LogP contribution < -0.4 is 19.9 Å². The number of ether oxygens (including phenoxy) is 3. The maximum atomic E-state index is 14.0. The first-order chi connectivity index (χ1) is 18.4. The Hall–Kier alpha value is -4.80. The number of halogens is 2. The molecule has 8 heteroatoms. The van der Waals surface area contributed by atoms with Crippen LogP contribution in [-0.4, -0.2) is 5.97 Å². The van der Waals surface area contributed by atoms with Gasteiger partial charge in [-0.05, 0) is 42.0 Å². The van der Waals surface area contributed by atoms with Gasteiger partial charge in [0.05, 0.1) is 11.5 Å². The summed E-state index contributed by atoms with van der Waals surface area (Å²) in [5.41, 5.74) is 8.46. The van der Waals surface area contributed by atoms with Crippen LogP contribution in [0.5, 0.6) is 17.2 Å². The standard InChI is InChI=1S/C30H20ClFN2O4/c31-25-7-3-1-5-19(25)17-36-20-11-9-18(10-12-20)28-23-14-13-21(15-27(23)38-29(34)24(28)16-33)37-30(35)22-6-2-4-8-26(22)32/h1-15,28H,17,34H2. The van der Waals surface area contributed by atoms with E-state index in [1.807, 2.05) is 30.3 Å². The molecule has 2 N–H and O–H groups in total. The van der Waals surface area contributed by atoms with E-state index in [0.29, 0.717) is 28.7 Å². The number of allylic oxidation sites excluding steroid dienone is 1. The van der Waals surface area contributed by atoms with E-state index < -0.39 is 17.7 Å². The van der Waals surface area contributed by atoms with Crippen LogP contribution >= 0.6 is 11.6 Å². The van der Waals surface area contributed by atoms with Gasteiger partial charge in [0.25, 0.3) is 0 Å². The summed E-state index contributed by atoms with van der Waals surface area (Å²) in [5.74, 6) is -0.997. The van der Waals surface area contributed by atoms with Crippen molar-refractivity contribution in [2.24, 2.45) is 5.73 Å². The number of nitrogens with two attached hydrogens (primary N) is 1. The largest absolute Gasteiger partial charge is 0.489 e. The Labute approximate surface area is 223 Å². The predicted octanol–water partition coefficient (Wildman–Crippen LogP) is 6.50. The molecule has 0 saturated heterocycles. The van der Waals surface area contributed by atoms with Crippen molar-refractivity contribution in [2.75, 3.05) is 0 Å². The lowest BCUT2D eigenvalue weighted by Crippen LogP contribution is -2.21. The summed E-state index contributed by atoms with van der Waals surface area (Å²) in [6.07, 6.45) is 0. The van der Waals surface area contributed by atoms with Gasteiger partial charge in [-0.25, -0.2) is 9.18 Å². The van der Waals surface area contributed by atoms with Gasteiger partial charge in [0.15, 0.2) is 0 Å². The zero-order valence-electron chi connectivity index (χ0n) is 19.9. The lowest BCUT2D eigenvalue weighted by Gasteiger charge is -2.26. The van der Waals surface area contributed by atoms with Crippen molar-refractivity contribution in [3.05, 3.63) is 136 Å². The Bertz CT molecular complexity index is 1590. The molecule has 0 aliphatic carbocycles. The van der Waals surface area contributed by atoms with E-state index in [9.17, 15) is 14.4 Å². The second kappa shape index (κ2) is 10.7. The van der Waals surface area contributed by atoms with Gasteiger partial charge in [0, 0.05) is 22.2 Å². The Balaban J connectivity index is 1.39. The molecule has 188 valence electrons. The number of rotatable bonds is 6. The van der Waals surface area contributed by atoms with E-state index in [1.165, 1.54) is 24.3 Å². The van der Waals surface area contributed by atoms with Gasteiger partial charge >= 0.3 is 5.97 Å². The van der Waals surface area contributed by atoms with Crippen molar-refractivity contribution in [1.29, 1.82) is 5.26 Å². The van der Waals surface area contributed by atoms with Gasteiger partial charge in [-0.2, -0.15) is 5.26 Å². The molecule has 0 radical (unpaired) electrons. The summed E-state index contributed by atoms with van der Waals surface area (Å²) >= 11 is 6.20. The SMILES string of the molecule is N#CC1=C(N)Oc2cc(OC(=O)c3ccccc3F)ccc2C1c1ccc(OCc2ccccc2Cl)cc1. The van der Waals surface area contributed by atoms with Crippen molar-refractivity contribution in [3.63, 3.8) is 0 Å². The highest BCUT2D eigenvalue weighted by Crippen LogP contribution is 2.43. The first-order valence-electron chi connectivity index (χ1n) is 11.6. The molecule has 38 heavy (non-hydrogen) atoms. The monoisotopic (exact) mass is 526 g/mol. The molecule has 1 atom stereocenters. The molecule has 0 fully saturated rings. The average Bonchev–Trinajstić information content (AvgIpc) is 2.92. The molecule has 1 aliphatic heterocycles. The molecule has 1 heterocycles. The first-order valence-corrected chi connectivity index (χ1v) is 12.0. The maximum absolute atomic E-state index is 14.0. The molecule has 0 aromatic heterocycles. The second-order valence-electron chi connectivity index (χ2n) is 8.44. The summed E-state index contributed by atoms with van der Waals surface area (Å²) in [6, 6.07) is 27.2. The minimum Gasteiger partial charge on any atom is -0.489 e. The zero-order valence-corrected chi connectivity index (χ0v) is 20.6. The third-order valence-electron chi connectivity index (χ3n) is 6.06. The van der Waals surface area contributed by atoms with E-state index in [4.69, 9.17) is 31.5 Å². The van der Waals surface area contributed by atoms with Crippen molar-refractivity contribution in [3.8, 4) is 23.3 Å². The van der Waals surface area contributed by atoms with Crippen LogP contribution in [0.1, 0.15) is 33.0 Å². The van der Waals surface area contributed by atoms with Gasteiger partial charge in [-0.15, -0.1) is 0 Å². The molecule has 4 aromatic rings. The number of carbonyl (C=O) groups is 1. The topological polar surface area (TPSA) is 94.6 Å². The molecular formula is C30H20ClFN2O4. The smallest absolute Gasteiger partial charge is 0.346 e. The molecule has 6 nitrogen and oxygen atoms in total. The minimum absolute atomic E-state index is 0.0540. The van der Waals surface area contributed by atoms with Crippen molar-refractivity contribution >= 4 is 17.6 Å². The lowest BCUT2D eigenvalue weighted by atomic mass is 9.83. The second-order valence-corrected chi connectivity index (χ2v) is 8.85. The number of carbonyl (C=O) groups excluding carboxylic acids is 1. The van der Waals surface area contributed by atoms with Crippen molar-refractivity contribution in [1.82, 2.24) is 0 Å². The quantitative estimate of drug-likeness (QED) is 0.228. The van der Waals surface area contributed by atoms with Crippen LogP contribution in [0.4, 0.5) is 4.39 Å². The lowest BCUT2D eigenvalue weighted by molar-refractivity contribution is 0.0729. The summed E-state index contributed by atoms with van der Waals surface area (Å²) in [6.45, 7) is 0.309. The number of hydrogen-bond acceptors (Lipinski definition) is 6. The van der Waals surface area contributed by atoms with Crippen molar-refractivity contribution < 1.29 is 23.4 Å². The number of hydrogen-bond donors (Lipinski definition) is 1. The van der Waals surface area contributed by atoms with E-state index in [-0.39, 0.29) is 22.8 Å². The zero-order chi connectivity index (χ0) is 26.6. The number of esters is 1. The normalized spacial score (nSPS) is 14.2. The molecule has 4 aromatic carbocycles. The van der Waals surface area contributed by atoms with Crippen molar-refractivity contribution in [2.45, 2.75) is 12.5 Å². The summed E-state index contributed by atoms with van der Waals surface area (Å²) in [4.78, 5) is 12.4. The highest BCUT2D eigenvalue weighted by atomic mass is 35.5. The minimum atomic E-state index is -0.844. The van der Waals surface area contributed by atoms with Crippen LogP contribution in [0, 0.1) is 17.1 Å². The van der Waals surface area contributed by atoms with E-state index in [1.54, 1.807) is 36.4 Å². The Kier molecular flexibility index (Phi) is 6.98. The number of fused-ring (bicyclic) bond motifs is 1. The summed E-state index contributed by atoms with van der Waals surface area (Å²) in [7, 11) is 0. The molecule has 0 amide bonds. The summed E-state index contributed by atoms with van der Waals surface area (Å²) < 4.78 is 30.9. The number of nitriles is 1. The fourth-order valence-electron chi connectivity index (χ4n) is 4.16. The molecule has 0 spiro atoms. The van der Waals surface area contributed by atoms with Crippen LogP contribution in [-0.2, 0) is 6.61 Å². The first kappa shape index (κ1) is 24.9. The van der Waals surface area contributed by atoms with Gasteiger partial charge in [-0.1, -0.05) is 60.1 Å². The van der Waals surface area contributed by atoms with Crippen LogP contribution in [0.2, 0.25) is 5.02 Å². The highest BCUT2D eigenvalue weighted by molar-refractivity contribution is 6.31. The predicted molar refractivity (Wildman–Crippen MR) is 139 cm³/mol. The Morgan fingerprint density at radius 3 is 2.45 bits per heavy atom. The number of nitrogens with zero attached hydrogens (tertiary/aromatic N) is 1. The average molecular weight is 527 g/mol. The van der Waals surface area contributed by atoms with E-state index >= 15 is 0 Å². The van der Waals surface area contributed by atoms with Gasteiger partial charge < -0.3 is 19.9 Å². The van der Waals surface area contributed by atoms with Gasteiger partial charge in [-0.3, -0.25) is 0 Å². The Morgan fingerprint density at radius 1 is 1.00 bits per heavy atom. The molecule has 0 bridgehead atoms. The maximum Gasteiger partial charge on any atom is 0.346 e. The highest BCUT2D eigenvalue weighted by Gasteiger charge is 2.31. The molecular weight excluding hydrogens is 507 g/mol. The third kappa shape index (κ3) is 5.03. The molecule has 0 saturated carbocycles. The van der Waals surface area contributed by atoms with Crippen LogP contribution in [0.3, 0.4) is 0 Å². The van der Waals surface area contributed by atoms with Crippen LogP contribution in [0.25, 0.3) is 0 Å². The third-order valence-corrected chi connectivity index (χ3v) is 6.43. The van der Waals surface area contributed by atoms with Gasteiger partial charge in [0.1, 0.15) is 41.3 Å². The Morgan fingerprint density at radius 2 is 1.71 bits per heavy atom. The fourth-order valence-corrected chi connectivity index (χ4v) is 4.35. The fraction of sp³-hybridized carbons (Fsp3) is 0.0667. The number of benzene rings is 4. The van der Waals surface area contributed by atoms with Crippen LogP contribution in [0.15, 0.2) is 102 Å².